The van der Waals surface area contributed by atoms with Crippen LogP contribution in [-0.2, 0) is 4.79 Å². The molecule has 1 saturated heterocycles. The van der Waals surface area contributed by atoms with Gasteiger partial charge in [0.1, 0.15) is 6.07 Å². The van der Waals surface area contributed by atoms with E-state index in [0.29, 0.717) is 41.2 Å². The Morgan fingerprint density at radius 1 is 1.22 bits per heavy atom. The number of rotatable bonds is 11. The Balaban J connectivity index is 1.22. The van der Waals surface area contributed by atoms with Gasteiger partial charge in [-0.1, -0.05) is 0 Å². The number of carbonyl (C=O) groups is 2. The first-order chi connectivity index (χ1) is 21.7. The number of imidazole rings is 1. The molecule has 4 aromatic rings. The molecule has 3 heterocycles. The summed E-state index contributed by atoms with van der Waals surface area (Å²) < 4.78 is 36.0. The maximum absolute atomic E-state index is 14.9. The molecule has 0 radical (unpaired) electrons. The fraction of sp³-hybridized carbons (Fsp3) is 0.300. The Kier molecular flexibility index (Phi) is 9.48. The number of fused-ring (bicyclic) bond motifs is 1. The number of hydrogen-bond acceptors (Lipinski definition) is 10. The van der Waals surface area contributed by atoms with Crippen LogP contribution in [0.1, 0.15) is 22.3 Å². The monoisotopic (exact) mass is 619 g/mol. The molecule has 1 fully saturated rings. The molecule has 0 bridgehead atoms. The number of hydrogen-bond donors (Lipinski definition) is 6. The Hall–Kier alpha value is -5.17. The van der Waals surface area contributed by atoms with Crippen molar-refractivity contribution in [1.29, 1.82) is 5.26 Å². The first-order valence-corrected chi connectivity index (χ1v) is 14.1. The predicted molar refractivity (Wildman–Crippen MR) is 160 cm³/mol. The van der Waals surface area contributed by atoms with E-state index in [4.69, 9.17) is 15.7 Å². The highest BCUT2D eigenvalue weighted by Crippen LogP contribution is 2.32. The summed E-state index contributed by atoms with van der Waals surface area (Å²) in [6, 6.07) is 8.41. The van der Waals surface area contributed by atoms with Gasteiger partial charge in [-0.05, 0) is 49.2 Å². The van der Waals surface area contributed by atoms with Gasteiger partial charge in [0.2, 0.25) is 11.7 Å². The van der Waals surface area contributed by atoms with Crippen LogP contribution in [0.4, 0.5) is 20.3 Å². The van der Waals surface area contributed by atoms with Crippen LogP contribution in [-0.4, -0.2) is 75.7 Å². The number of carbonyl (C=O) groups excluding carboxylic acids is 2. The van der Waals surface area contributed by atoms with Crippen LogP contribution < -0.4 is 31.7 Å². The number of aryl methyl sites for hydroxylation is 1. The molecule has 0 saturated carbocycles. The quantitative estimate of drug-likeness (QED) is 0.143. The van der Waals surface area contributed by atoms with E-state index >= 15 is 0 Å². The second kappa shape index (κ2) is 13.6. The van der Waals surface area contributed by atoms with Crippen molar-refractivity contribution in [2.24, 2.45) is 5.73 Å². The number of amides is 2. The van der Waals surface area contributed by atoms with E-state index < -0.39 is 36.4 Å². The molecular weight excluding hydrogens is 588 g/mol. The largest absolute Gasteiger partial charge is 0.476 e. The lowest BCUT2D eigenvalue weighted by Crippen LogP contribution is -2.48. The third-order valence-corrected chi connectivity index (χ3v) is 7.26. The van der Waals surface area contributed by atoms with Gasteiger partial charge in [0, 0.05) is 54.9 Å². The van der Waals surface area contributed by atoms with E-state index in [1.807, 2.05) is 0 Å². The molecule has 2 unspecified atom stereocenters. The molecule has 234 valence electrons. The zero-order valence-corrected chi connectivity index (χ0v) is 24.2. The van der Waals surface area contributed by atoms with Crippen molar-refractivity contribution in [2.45, 2.75) is 31.5 Å². The van der Waals surface area contributed by atoms with Gasteiger partial charge in [0.05, 0.1) is 24.0 Å². The number of nitrogens with one attached hydrogen (secondary N) is 4. The maximum Gasteiger partial charge on any atom is 0.251 e. The van der Waals surface area contributed by atoms with Gasteiger partial charge in [0.15, 0.2) is 29.6 Å². The van der Waals surface area contributed by atoms with E-state index in [1.165, 1.54) is 24.5 Å². The summed E-state index contributed by atoms with van der Waals surface area (Å²) in [5, 5.41) is 29.8. The molecule has 1 aliphatic rings. The van der Waals surface area contributed by atoms with E-state index in [2.05, 4.69) is 31.2 Å². The molecule has 0 spiro atoms. The fourth-order valence-electron chi connectivity index (χ4n) is 4.95. The number of aromatic nitrogens is 3. The smallest absolute Gasteiger partial charge is 0.251 e. The summed E-state index contributed by atoms with van der Waals surface area (Å²) in [6.45, 7) is 2.01. The average Bonchev–Trinajstić information content (AvgIpc) is 3.66. The number of nitriles is 1. The molecule has 2 aromatic carbocycles. The van der Waals surface area contributed by atoms with Gasteiger partial charge < -0.3 is 36.8 Å². The molecule has 3 atom stereocenters. The zero-order chi connectivity index (χ0) is 32.1. The van der Waals surface area contributed by atoms with Gasteiger partial charge >= 0.3 is 0 Å². The molecule has 45 heavy (non-hydrogen) atoms. The molecule has 1 aliphatic heterocycles. The predicted octanol–water partition coefficient (Wildman–Crippen LogP) is 1.52. The van der Waals surface area contributed by atoms with Crippen LogP contribution in [0.15, 0.2) is 48.9 Å². The van der Waals surface area contributed by atoms with Gasteiger partial charge in [-0.3, -0.25) is 14.0 Å². The first kappa shape index (κ1) is 31.3. The number of halogens is 2. The molecule has 5 rings (SSSR count). The van der Waals surface area contributed by atoms with Crippen LogP contribution >= 0.6 is 0 Å². The molecule has 2 amide bonds. The minimum absolute atomic E-state index is 0.0552. The number of benzene rings is 2. The van der Waals surface area contributed by atoms with Crippen LogP contribution in [0.3, 0.4) is 0 Å². The average molecular weight is 620 g/mol. The summed E-state index contributed by atoms with van der Waals surface area (Å²) in [4.78, 5) is 33.7. The van der Waals surface area contributed by atoms with Crippen molar-refractivity contribution in [3.05, 3.63) is 71.7 Å². The molecule has 13 nitrogen and oxygen atoms in total. The van der Waals surface area contributed by atoms with Crippen LogP contribution in [0, 0.1) is 29.9 Å². The normalized spacial score (nSPS) is 16.6. The summed E-state index contributed by atoms with van der Waals surface area (Å²) in [5.41, 5.74) is 8.33. The SMILES string of the molecule is Cc1cc(Nc2nccn3c(-c4ccc(OCC#N)c(F)c4F)cnc23)ccc1C(=O)NC[C@H](N)CNC(=O)C1CC(O)CN1. The zero-order valence-electron chi connectivity index (χ0n) is 24.2. The van der Waals surface area contributed by atoms with Crippen molar-refractivity contribution in [2.75, 3.05) is 31.6 Å². The van der Waals surface area contributed by atoms with E-state index in [1.54, 1.807) is 41.8 Å². The molecule has 2 aromatic heterocycles. The number of aliphatic hydroxyl groups is 1. The van der Waals surface area contributed by atoms with Crippen molar-refractivity contribution >= 4 is 29.0 Å². The number of aliphatic hydroxyl groups excluding tert-OH is 1. The molecule has 15 heteroatoms. The van der Waals surface area contributed by atoms with Crippen molar-refractivity contribution in [3.63, 3.8) is 0 Å². The second-order valence-corrected chi connectivity index (χ2v) is 10.5. The highest BCUT2D eigenvalue weighted by molar-refractivity contribution is 5.96. The molecule has 0 aliphatic carbocycles. The third-order valence-electron chi connectivity index (χ3n) is 7.26. The number of ether oxygens (including phenoxy) is 1. The standard InChI is InChI=1S/C30H31F2N9O4/c1-16-10-18(2-3-20(16)29(43)38-12-17(34)13-39-30(44)22-11-19(42)14-36-22)40-27-28-37-15-23(41(28)8-7-35-27)21-4-5-24(45-9-6-33)26(32)25(21)31/h2-5,7-8,10,15,17,19,22,36,42H,9,11-14,34H2,1H3,(H,35,40)(H,38,43)(H,39,44)/t17-,19?,22?/m0/s1. The minimum atomic E-state index is -1.21. The number of nitrogens with zero attached hydrogens (tertiary/aromatic N) is 4. The number of nitrogens with two attached hydrogens (primary N) is 1. The van der Waals surface area contributed by atoms with Crippen molar-refractivity contribution < 1.29 is 28.2 Å². The van der Waals surface area contributed by atoms with Crippen LogP contribution in [0.25, 0.3) is 16.9 Å². The third kappa shape index (κ3) is 6.99. The highest BCUT2D eigenvalue weighted by atomic mass is 19.2. The Morgan fingerprint density at radius 3 is 2.76 bits per heavy atom. The number of anilines is 2. The highest BCUT2D eigenvalue weighted by Gasteiger charge is 2.28. The summed E-state index contributed by atoms with van der Waals surface area (Å²) in [7, 11) is 0. The Morgan fingerprint density at radius 2 is 2.02 bits per heavy atom. The first-order valence-electron chi connectivity index (χ1n) is 14.1. The van der Waals surface area contributed by atoms with E-state index in [0.717, 1.165) is 0 Å². The second-order valence-electron chi connectivity index (χ2n) is 10.5. The van der Waals surface area contributed by atoms with Crippen LogP contribution in [0.5, 0.6) is 5.75 Å². The van der Waals surface area contributed by atoms with Crippen molar-refractivity contribution in [1.82, 2.24) is 30.3 Å². The fourth-order valence-corrected chi connectivity index (χ4v) is 4.95. The Labute approximate surface area is 256 Å². The minimum Gasteiger partial charge on any atom is -0.476 e. The Bertz CT molecular complexity index is 1770. The topological polar surface area (TPSA) is 192 Å². The lowest BCUT2D eigenvalue weighted by Gasteiger charge is -2.17. The van der Waals surface area contributed by atoms with Gasteiger partial charge in [-0.15, -0.1) is 0 Å². The van der Waals surface area contributed by atoms with Crippen LogP contribution in [0.2, 0.25) is 0 Å². The van der Waals surface area contributed by atoms with E-state index in [-0.39, 0.29) is 41.9 Å². The summed E-state index contributed by atoms with van der Waals surface area (Å²) in [6.07, 6.45) is 4.22. The van der Waals surface area contributed by atoms with Gasteiger partial charge in [-0.25, -0.2) is 14.4 Å². The maximum atomic E-state index is 14.9. The summed E-state index contributed by atoms with van der Waals surface area (Å²) in [5.74, 6) is -2.97. The lowest BCUT2D eigenvalue weighted by molar-refractivity contribution is -0.123. The van der Waals surface area contributed by atoms with Gasteiger partial charge in [0.25, 0.3) is 5.91 Å². The molecular formula is C30H31F2N9O4. The molecule has 7 N–H and O–H groups in total. The van der Waals surface area contributed by atoms with E-state index in [9.17, 15) is 23.5 Å². The van der Waals surface area contributed by atoms with Gasteiger partial charge in [-0.2, -0.15) is 9.65 Å². The summed E-state index contributed by atoms with van der Waals surface area (Å²) >= 11 is 0. The van der Waals surface area contributed by atoms with Crippen molar-refractivity contribution in [3.8, 4) is 23.1 Å². The number of β-amino-alcohol motifs (C(OH)–C–C–N with tert-alkyl or cyclic N) is 1. The lowest BCUT2D eigenvalue weighted by atomic mass is 10.1.